The standard InChI is InChI=1S/C128H178/c1-13-25-37-57-83-123(84-58-38-26-14-2)107-75-55-51-71-101(107)113-117(123)111-99-69-49-53-73-105(99)125(87-61-41-29-17-5,88-62-42-30-18-6)119(111)115-103-81-79-97(95-109(103)127(121(113)115,91-65-45-33-21-9)92-66-46-34-22-10)77-78-98-80-82-104-110(96-98)128(93-67-47-35-23-11,94-68-48-36-24-12)122-114-102-72-52-56-76-108(102)124(85-59-39-27-15-3,86-60-40-28-16-4)118(114)112-100-70-50-54-74-106(100)126(120(112)116(104)122,89-63-43-31-19-7)90-64-44-32-20-8/h49-56,69-76,79-82,95-96H,13-48,57-68,83-94H2,1-12H3. The van der Waals surface area contributed by atoms with E-state index in [9.17, 15) is 0 Å². The van der Waals surface area contributed by atoms with Crippen molar-refractivity contribution in [1.29, 1.82) is 0 Å². The first-order valence-corrected chi connectivity index (χ1v) is 55.8. The van der Waals surface area contributed by atoms with Crippen LogP contribution in [0.25, 0.3) is 66.8 Å². The Morgan fingerprint density at radius 1 is 0.156 bits per heavy atom. The summed E-state index contributed by atoms with van der Waals surface area (Å²) in [5, 5.41) is 0. The van der Waals surface area contributed by atoms with Crippen molar-refractivity contribution in [3.05, 3.63) is 211 Å². The molecule has 0 fully saturated rings. The molecule has 6 aliphatic rings. The molecule has 0 aromatic heterocycles. The summed E-state index contributed by atoms with van der Waals surface area (Å²) in [5.74, 6) is 8.57. The Labute approximate surface area is 785 Å². The third-order valence-electron chi connectivity index (χ3n) is 34.2. The average Bonchev–Trinajstić information content (AvgIpc) is 1.49. The van der Waals surface area contributed by atoms with Gasteiger partial charge in [0.1, 0.15) is 0 Å². The molecule has 8 aromatic carbocycles. The number of unbranched alkanes of at least 4 members (excludes halogenated alkanes) is 36. The maximum absolute atomic E-state index is 4.28. The highest BCUT2D eigenvalue weighted by Crippen LogP contribution is 2.75. The topological polar surface area (TPSA) is 0 Å². The highest BCUT2D eigenvalue weighted by Gasteiger charge is 2.61. The minimum Gasteiger partial charge on any atom is -0.0654 e. The van der Waals surface area contributed by atoms with Crippen LogP contribution in [-0.4, -0.2) is 0 Å². The van der Waals surface area contributed by atoms with E-state index in [2.05, 4.69) is 228 Å². The third kappa shape index (κ3) is 19.0. The molecule has 0 nitrogen and oxygen atoms in total. The van der Waals surface area contributed by atoms with Crippen molar-refractivity contribution in [3.63, 3.8) is 0 Å². The van der Waals surface area contributed by atoms with Crippen LogP contribution in [0.15, 0.2) is 133 Å². The van der Waals surface area contributed by atoms with Crippen LogP contribution in [0.1, 0.15) is 546 Å². The van der Waals surface area contributed by atoms with Crippen molar-refractivity contribution in [3.8, 4) is 78.6 Å². The van der Waals surface area contributed by atoms with Crippen molar-refractivity contribution in [2.45, 2.75) is 501 Å². The molecule has 0 N–H and O–H groups in total. The molecule has 0 saturated carbocycles. The fourth-order valence-corrected chi connectivity index (χ4v) is 28.0. The average molecular weight is 1720 g/mol. The Morgan fingerprint density at radius 3 is 0.469 bits per heavy atom. The molecular formula is C128H178. The van der Waals surface area contributed by atoms with Crippen LogP contribution in [0, 0.1) is 11.8 Å². The van der Waals surface area contributed by atoms with E-state index in [0.717, 1.165) is 0 Å². The molecule has 128 heavy (non-hydrogen) atoms. The van der Waals surface area contributed by atoms with Crippen LogP contribution >= 0.6 is 0 Å². The Balaban J connectivity index is 1.06. The van der Waals surface area contributed by atoms with E-state index in [-0.39, 0.29) is 32.5 Å². The molecule has 14 rings (SSSR count). The van der Waals surface area contributed by atoms with E-state index in [0.29, 0.717) is 0 Å². The molecule has 8 aromatic rings. The number of rotatable bonds is 60. The highest BCUT2D eigenvalue weighted by atomic mass is 14.6. The zero-order valence-electron chi connectivity index (χ0n) is 84.1. The summed E-state index contributed by atoms with van der Waals surface area (Å²) < 4.78 is 0. The minimum absolute atomic E-state index is 0.0743. The molecule has 0 atom stereocenters. The van der Waals surface area contributed by atoms with Crippen LogP contribution in [0.3, 0.4) is 0 Å². The number of hydrogen-bond donors (Lipinski definition) is 0. The Bertz CT molecular complexity index is 4550. The summed E-state index contributed by atoms with van der Waals surface area (Å²) in [6, 6.07) is 57.6. The molecule has 0 saturated heterocycles. The minimum atomic E-state index is -0.182. The lowest BCUT2D eigenvalue weighted by atomic mass is 9.63. The van der Waals surface area contributed by atoms with Gasteiger partial charge in [0.2, 0.25) is 0 Å². The molecule has 0 aliphatic heterocycles. The first-order chi connectivity index (χ1) is 63.0. The Kier molecular flexibility index (Phi) is 35.6. The molecular weight excluding hydrogens is 1540 g/mol. The second-order valence-corrected chi connectivity index (χ2v) is 42.7. The molecule has 0 heterocycles. The molecule has 0 amide bonds. The quantitative estimate of drug-likeness (QED) is 0.0263. The highest BCUT2D eigenvalue weighted by molar-refractivity contribution is 6.07. The lowest BCUT2D eigenvalue weighted by Gasteiger charge is -2.39. The van der Waals surface area contributed by atoms with Crippen LogP contribution < -0.4 is 0 Å². The Hall–Kier alpha value is -6.68. The summed E-state index contributed by atoms with van der Waals surface area (Å²) in [5.41, 5.74) is 42.1. The predicted octanol–water partition coefficient (Wildman–Crippen LogP) is 40.3. The van der Waals surface area contributed by atoms with Crippen LogP contribution in [-0.2, 0) is 32.5 Å². The van der Waals surface area contributed by atoms with Crippen molar-refractivity contribution in [1.82, 2.24) is 0 Å². The van der Waals surface area contributed by atoms with Gasteiger partial charge in [0.25, 0.3) is 0 Å². The molecule has 0 spiro atoms. The van der Waals surface area contributed by atoms with E-state index in [4.69, 9.17) is 0 Å². The second kappa shape index (κ2) is 46.8. The van der Waals surface area contributed by atoms with Crippen LogP contribution in [0.4, 0.5) is 0 Å². The monoisotopic (exact) mass is 1720 g/mol. The molecule has 6 aliphatic carbocycles. The van der Waals surface area contributed by atoms with Gasteiger partial charge < -0.3 is 0 Å². The van der Waals surface area contributed by atoms with Gasteiger partial charge in [-0.2, -0.15) is 0 Å². The smallest absolute Gasteiger partial charge is 0.0252 e. The summed E-state index contributed by atoms with van der Waals surface area (Å²) in [6.07, 6.45) is 76.3. The van der Waals surface area contributed by atoms with Crippen molar-refractivity contribution in [2.75, 3.05) is 0 Å². The van der Waals surface area contributed by atoms with Gasteiger partial charge in [-0.25, -0.2) is 0 Å². The molecule has 0 heteroatoms. The molecule has 0 unspecified atom stereocenters. The maximum Gasteiger partial charge on any atom is 0.0252 e. The summed E-state index contributed by atoms with van der Waals surface area (Å²) in [7, 11) is 0. The predicted molar refractivity (Wildman–Crippen MR) is 561 cm³/mol. The van der Waals surface area contributed by atoms with Gasteiger partial charge in [-0.1, -0.05) is 512 Å². The van der Waals surface area contributed by atoms with E-state index >= 15 is 0 Å². The normalized spacial score (nSPS) is 15.5. The zero-order valence-corrected chi connectivity index (χ0v) is 84.1. The Morgan fingerprint density at radius 2 is 0.305 bits per heavy atom. The van der Waals surface area contributed by atoms with Gasteiger partial charge >= 0.3 is 0 Å². The van der Waals surface area contributed by atoms with Crippen molar-refractivity contribution < 1.29 is 0 Å². The number of fused-ring (bicyclic) bond motifs is 24. The van der Waals surface area contributed by atoms with Gasteiger partial charge in [-0.05, 0) is 235 Å². The van der Waals surface area contributed by atoms with Gasteiger partial charge in [0.15, 0.2) is 0 Å². The van der Waals surface area contributed by atoms with Crippen molar-refractivity contribution in [2.24, 2.45) is 0 Å². The first kappa shape index (κ1) is 97.3. The molecule has 0 radical (unpaired) electrons. The SMILES string of the molecule is CCCCCCC1(CCCCCC)c2ccccc2-c2c1c1c(c3c2C(CCCCCC)(CCCCCC)c2cc(C#Cc4ccc5c(c4)C(CCCCCC)(CCCCCC)c4c6c(c7c(c4-5)C(CCCCCC)(CCCCCC)c4ccccc4-7)C(CCCCCC)(CCCCCC)c4ccccc4-6)ccc2-3)C(CCCCCC)(CCCCCC)c2ccccc2-1. The largest absolute Gasteiger partial charge is 0.0654 e. The van der Waals surface area contributed by atoms with E-state index in [1.807, 2.05) is 0 Å². The zero-order chi connectivity index (χ0) is 89.4. The second-order valence-electron chi connectivity index (χ2n) is 42.7. The maximum atomic E-state index is 4.28. The summed E-state index contributed by atoms with van der Waals surface area (Å²) >= 11 is 0. The van der Waals surface area contributed by atoms with Gasteiger partial charge in [-0.15, -0.1) is 0 Å². The summed E-state index contributed by atoms with van der Waals surface area (Å²) in [4.78, 5) is 0. The number of benzene rings is 8. The molecule has 0 bridgehead atoms. The van der Waals surface area contributed by atoms with Gasteiger partial charge in [0.05, 0.1) is 0 Å². The fraction of sp³-hybridized carbons (Fsp3) is 0.609. The van der Waals surface area contributed by atoms with E-state index < -0.39 is 0 Å². The fourth-order valence-electron chi connectivity index (χ4n) is 28.0. The van der Waals surface area contributed by atoms with Gasteiger partial charge in [0, 0.05) is 43.6 Å². The summed E-state index contributed by atoms with van der Waals surface area (Å²) in [6.45, 7) is 29.2. The number of hydrogen-bond acceptors (Lipinski definition) is 0. The molecule has 690 valence electrons. The van der Waals surface area contributed by atoms with Crippen molar-refractivity contribution >= 4 is 0 Å². The van der Waals surface area contributed by atoms with Gasteiger partial charge in [-0.3, -0.25) is 0 Å². The lowest BCUT2D eigenvalue weighted by molar-refractivity contribution is 0.389. The third-order valence-corrected chi connectivity index (χ3v) is 34.2. The van der Waals surface area contributed by atoms with Crippen LogP contribution in [0.5, 0.6) is 0 Å². The van der Waals surface area contributed by atoms with E-state index in [1.165, 1.54) is 396 Å². The van der Waals surface area contributed by atoms with Crippen LogP contribution in [0.2, 0.25) is 0 Å². The lowest BCUT2D eigenvalue weighted by Crippen LogP contribution is -2.31. The van der Waals surface area contributed by atoms with E-state index in [1.54, 1.807) is 134 Å². The first-order valence-electron chi connectivity index (χ1n) is 55.8.